The number of nitrogens with two attached hydrogens (primary N) is 1. The Morgan fingerprint density at radius 2 is 2.18 bits per heavy atom. The first-order chi connectivity index (χ1) is 7.95. The Bertz CT molecular complexity index is 392. The summed E-state index contributed by atoms with van der Waals surface area (Å²) in [6.07, 6.45) is 1.97. The SMILES string of the molecule is CC(C)(C)c1cc(N)nc(CC2CCOC2)n1. The lowest BCUT2D eigenvalue weighted by atomic mass is 9.91. The first kappa shape index (κ1) is 12.3. The van der Waals surface area contributed by atoms with Crippen molar-refractivity contribution in [3.63, 3.8) is 0 Å². The van der Waals surface area contributed by atoms with Crippen LogP contribution in [0.15, 0.2) is 6.07 Å². The molecule has 0 aromatic carbocycles. The van der Waals surface area contributed by atoms with Crippen LogP contribution in [-0.4, -0.2) is 23.2 Å². The number of ether oxygens (including phenoxy) is 1. The fourth-order valence-corrected chi connectivity index (χ4v) is 2.00. The lowest BCUT2D eigenvalue weighted by molar-refractivity contribution is 0.185. The second-order valence-electron chi connectivity index (χ2n) is 5.78. The standard InChI is InChI=1S/C13H21N3O/c1-13(2,3)10-7-11(14)16-12(15-10)6-9-4-5-17-8-9/h7,9H,4-6,8H2,1-3H3,(H2,14,15,16). The number of hydrogen-bond acceptors (Lipinski definition) is 4. The van der Waals surface area contributed by atoms with E-state index >= 15 is 0 Å². The van der Waals surface area contributed by atoms with E-state index in [1.165, 1.54) is 0 Å². The van der Waals surface area contributed by atoms with Crippen LogP contribution in [0.4, 0.5) is 5.82 Å². The lowest BCUT2D eigenvalue weighted by Crippen LogP contribution is -2.17. The molecule has 0 amide bonds. The predicted molar refractivity (Wildman–Crippen MR) is 67.8 cm³/mol. The molecule has 1 fully saturated rings. The Labute approximate surface area is 103 Å². The third kappa shape index (κ3) is 3.16. The molecule has 1 atom stereocenters. The molecule has 1 unspecified atom stereocenters. The van der Waals surface area contributed by atoms with Gasteiger partial charge in [-0.05, 0) is 12.3 Å². The van der Waals surface area contributed by atoms with Crippen LogP contribution < -0.4 is 5.73 Å². The maximum atomic E-state index is 5.85. The summed E-state index contributed by atoms with van der Waals surface area (Å²) in [7, 11) is 0. The summed E-state index contributed by atoms with van der Waals surface area (Å²) in [4.78, 5) is 8.94. The molecular weight excluding hydrogens is 214 g/mol. The van der Waals surface area contributed by atoms with Gasteiger partial charge in [0, 0.05) is 31.1 Å². The number of hydrogen-bond donors (Lipinski definition) is 1. The molecule has 0 radical (unpaired) electrons. The topological polar surface area (TPSA) is 61.0 Å². The van der Waals surface area contributed by atoms with Gasteiger partial charge in [0.25, 0.3) is 0 Å². The van der Waals surface area contributed by atoms with Crippen molar-refractivity contribution in [3.8, 4) is 0 Å². The zero-order valence-corrected chi connectivity index (χ0v) is 10.9. The van der Waals surface area contributed by atoms with E-state index in [0.29, 0.717) is 11.7 Å². The maximum absolute atomic E-state index is 5.85. The van der Waals surface area contributed by atoms with Gasteiger partial charge in [-0.3, -0.25) is 0 Å². The van der Waals surface area contributed by atoms with Gasteiger partial charge in [0.05, 0.1) is 5.69 Å². The Morgan fingerprint density at radius 1 is 1.41 bits per heavy atom. The third-order valence-electron chi connectivity index (χ3n) is 3.06. The van der Waals surface area contributed by atoms with E-state index in [0.717, 1.165) is 37.6 Å². The molecule has 0 spiro atoms. The van der Waals surface area contributed by atoms with Crippen LogP contribution in [0.2, 0.25) is 0 Å². The van der Waals surface area contributed by atoms with Gasteiger partial charge in [-0.15, -0.1) is 0 Å². The van der Waals surface area contributed by atoms with Crippen LogP contribution in [-0.2, 0) is 16.6 Å². The van der Waals surface area contributed by atoms with Gasteiger partial charge in [0.1, 0.15) is 11.6 Å². The smallest absolute Gasteiger partial charge is 0.131 e. The molecule has 1 saturated heterocycles. The average Bonchev–Trinajstić information content (AvgIpc) is 2.68. The molecule has 2 N–H and O–H groups in total. The highest BCUT2D eigenvalue weighted by Gasteiger charge is 2.21. The van der Waals surface area contributed by atoms with Gasteiger partial charge in [-0.2, -0.15) is 0 Å². The second kappa shape index (κ2) is 4.61. The summed E-state index contributed by atoms with van der Waals surface area (Å²) in [6, 6.07) is 1.87. The van der Waals surface area contributed by atoms with Crippen LogP contribution >= 0.6 is 0 Å². The number of nitrogens with zero attached hydrogens (tertiary/aromatic N) is 2. The molecule has 0 saturated carbocycles. The largest absolute Gasteiger partial charge is 0.384 e. The predicted octanol–water partition coefficient (Wildman–Crippen LogP) is 1.94. The maximum Gasteiger partial charge on any atom is 0.131 e. The summed E-state index contributed by atoms with van der Waals surface area (Å²) in [5.41, 5.74) is 6.87. The van der Waals surface area contributed by atoms with E-state index in [2.05, 4.69) is 30.7 Å². The molecule has 1 aliphatic heterocycles. The third-order valence-corrected chi connectivity index (χ3v) is 3.06. The van der Waals surface area contributed by atoms with Gasteiger partial charge in [-0.1, -0.05) is 20.8 Å². The van der Waals surface area contributed by atoms with Crippen molar-refractivity contribution in [1.82, 2.24) is 9.97 Å². The summed E-state index contributed by atoms with van der Waals surface area (Å²) >= 11 is 0. The number of rotatable bonds is 2. The Balaban J connectivity index is 2.19. The minimum Gasteiger partial charge on any atom is -0.384 e. The van der Waals surface area contributed by atoms with Crippen molar-refractivity contribution in [2.24, 2.45) is 5.92 Å². The Hall–Kier alpha value is -1.16. The zero-order valence-electron chi connectivity index (χ0n) is 10.9. The van der Waals surface area contributed by atoms with E-state index in [9.17, 15) is 0 Å². The zero-order chi connectivity index (χ0) is 12.5. The summed E-state index contributed by atoms with van der Waals surface area (Å²) in [5, 5.41) is 0. The van der Waals surface area contributed by atoms with Gasteiger partial charge in [0.2, 0.25) is 0 Å². The van der Waals surface area contributed by atoms with E-state index in [1.807, 2.05) is 6.07 Å². The lowest BCUT2D eigenvalue weighted by Gasteiger charge is -2.19. The van der Waals surface area contributed by atoms with Crippen LogP contribution in [0.5, 0.6) is 0 Å². The molecular formula is C13H21N3O. The summed E-state index contributed by atoms with van der Waals surface area (Å²) < 4.78 is 5.37. The molecule has 0 aliphatic carbocycles. The number of nitrogen functional groups attached to an aromatic ring is 1. The van der Waals surface area contributed by atoms with Crippen molar-refractivity contribution in [1.29, 1.82) is 0 Å². The molecule has 1 aromatic rings. The fourth-order valence-electron chi connectivity index (χ4n) is 2.00. The Kier molecular flexibility index (Phi) is 3.33. The molecule has 2 heterocycles. The average molecular weight is 235 g/mol. The normalized spacial score (nSPS) is 20.8. The molecule has 4 heteroatoms. The van der Waals surface area contributed by atoms with Crippen molar-refractivity contribution in [2.45, 2.75) is 39.0 Å². The van der Waals surface area contributed by atoms with Gasteiger partial charge >= 0.3 is 0 Å². The number of anilines is 1. The second-order valence-corrected chi connectivity index (χ2v) is 5.78. The van der Waals surface area contributed by atoms with E-state index in [4.69, 9.17) is 10.5 Å². The van der Waals surface area contributed by atoms with Crippen molar-refractivity contribution in [2.75, 3.05) is 18.9 Å². The van der Waals surface area contributed by atoms with Crippen LogP contribution in [0, 0.1) is 5.92 Å². The highest BCUT2D eigenvalue weighted by molar-refractivity contribution is 5.32. The minimum absolute atomic E-state index is 0.0119. The van der Waals surface area contributed by atoms with E-state index < -0.39 is 0 Å². The van der Waals surface area contributed by atoms with Gasteiger partial charge in [0.15, 0.2) is 0 Å². The molecule has 1 aliphatic rings. The van der Waals surface area contributed by atoms with E-state index in [1.54, 1.807) is 0 Å². The first-order valence-corrected chi connectivity index (χ1v) is 6.17. The van der Waals surface area contributed by atoms with E-state index in [-0.39, 0.29) is 5.41 Å². The highest BCUT2D eigenvalue weighted by Crippen LogP contribution is 2.23. The van der Waals surface area contributed by atoms with Crippen molar-refractivity contribution >= 4 is 5.82 Å². The summed E-state index contributed by atoms with van der Waals surface area (Å²) in [6.45, 7) is 8.09. The van der Waals surface area contributed by atoms with Crippen LogP contribution in [0.25, 0.3) is 0 Å². The molecule has 17 heavy (non-hydrogen) atoms. The molecule has 94 valence electrons. The Morgan fingerprint density at radius 3 is 2.76 bits per heavy atom. The number of aromatic nitrogens is 2. The van der Waals surface area contributed by atoms with Crippen molar-refractivity contribution in [3.05, 3.63) is 17.6 Å². The van der Waals surface area contributed by atoms with Crippen LogP contribution in [0.3, 0.4) is 0 Å². The van der Waals surface area contributed by atoms with Gasteiger partial charge < -0.3 is 10.5 Å². The molecule has 1 aromatic heterocycles. The molecule has 4 nitrogen and oxygen atoms in total. The van der Waals surface area contributed by atoms with Crippen molar-refractivity contribution < 1.29 is 4.74 Å². The minimum atomic E-state index is 0.0119. The monoisotopic (exact) mass is 235 g/mol. The highest BCUT2D eigenvalue weighted by atomic mass is 16.5. The quantitative estimate of drug-likeness (QED) is 0.851. The first-order valence-electron chi connectivity index (χ1n) is 6.17. The van der Waals surface area contributed by atoms with Crippen LogP contribution in [0.1, 0.15) is 38.7 Å². The van der Waals surface area contributed by atoms with Gasteiger partial charge in [-0.25, -0.2) is 9.97 Å². The molecule has 2 rings (SSSR count). The molecule has 0 bridgehead atoms. The summed E-state index contributed by atoms with van der Waals surface area (Å²) in [5.74, 6) is 1.97. The fraction of sp³-hybridized carbons (Fsp3) is 0.692.